The smallest absolute Gasteiger partial charge is 0.273 e. The minimum Gasteiger partial charge on any atom is -0.360 e. The largest absolute Gasteiger partial charge is 0.360 e. The molecule has 1 saturated carbocycles. The van der Waals surface area contributed by atoms with Gasteiger partial charge in [0.2, 0.25) is 5.91 Å². The van der Waals surface area contributed by atoms with Gasteiger partial charge in [0.15, 0.2) is 5.69 Å². The van der Waals surface area contributed by atoms with E-state index in [9.17, 15) is 9.59 Å². The average Bonchev–Trinajstić information content (AvgIpc) is 3.31. The van der Waals surface area contributed by atoms with E-state index in [-0.39, 0.29) is 17.9 Å². The third-order valence-corrected chi connectivity index (χ3v) is 5.28. The number of rotatable bonds is 6. The number of amides is 2. The molecule has 1 aliphatic heterocycles. The molecule has 2 amide bonds. The van der Waals surface area contributed by atoms with Crippen LogP contribution in [0.1, 0.15) is 75.0 Å². The summed E-state index contributed by atoms with van der Waals surface area (Å²) in [6.07, 6.45) is 4.73. The quantitative estimate of drug-likeness (QED) is 0.858. The average molecular weight is 347 g/mol. The molecule has 1 aliphatic carbocycles. The highest BCUT2D eigenvalue weighted by Crippen LogP contribution is 2.40. The highest BCUT2D eigenvalue weighted by atomic mass is 16.5. The highest BCUT2D eigenvalue weighted by molar-refractivity contribution is 5.92. The molecule has 1 N–H and O–H groups in total. The van der Waals surface area contributed by atoms with Crippen LogP contribution >= 0.6 is 0 Å². The van der Waals surface area contributed by atoms with Gasteiger partial charge in [0.25, 0.3) is 5.91 Å². The van der Waals surface area contributed by atoms with Crippen molar-refractivity contribution >= 4 is 11.8 Å². The summed E-state index contributed by atoms with van der Waals surface area (Å²) in [4.78, 5) is 26.5. The van der Waals surface area contributed by atoms with Crippen molar-refractivity contribution in [3.8, 4) is 0 Å². The summed E-state index contributed by atoms with van der Waals surface area (Å²) in [5.74, 6) is 2.16. The number of carbonyl (C=O) groups is 2. The van der Waals surface area contributed by atoms with Crippen LogP contribution in [-0.4, -0.2) is 41.0 Å². The summed E-state index contributed by atoms with van der Waals surface area (Å²) in [6, 6.07) is 1.84. The molecule has 2 heterocycles. The van der Waals surface area contributed by atoms with Crippen LogP contribution in [0.5, 0.6) is 0 Å². The van der Waals surface area contributed by atoms with E-state index in [1.807, 2.05) is 11.8 Å². The van der Waals surface area contributed by atoms with Gasteiger partial charge in [-0.3, -0.25) is 9.59 Å². The van der Waals surface area contributed by atoms with Crippen molar-refractivity contribution in [2.45, 2.75) is 64.8 Å². The van der Waals surface area contributed by atoms with E-state index in [0.717, 1.165) is 44.5 Å². The van der Waals surface area contributed by atoms with Crippen LogP contribution in [0.3, 0.4) is 0 Å². The maximum absolute atomic E-state index is 12.3. The molecule has 2 aliphatic rings. The SMILES string of the molecule is CC(C)CC(=O)N1CCC(C(C)NC(=O)c2cc(C3CC3)on2)CC1. The molecular formula is C19H29N3O3. The van der Waals surface area contributed by atoms with Gasteiger partial charge in [-0.2, -0.15) is 0 Å². The third-order valence-electron chi connectivity index (χ3n) is 5.28. The normalized spacial score (nSPS) is 19.9. The van der Waals surface area contributed by atoms with Gasteiger partial charge in [-0.15, -0.1) is 0 Å². The van der Waals surface area contributed by atoms with Gasteiger partial charge in [0, 0.05) is 37.5 Å². The summed E-state index contributed by atoms with van der Waals surface area (Å²) in [6.45, 7) is 7.75. The Balaban J connectivity index is 1.46. The zero-order valence-corrected chi connectivity index (χ0v) is 15.5. The van der Waals surface area contributed by atoms with Crippen molar-refractivity contribution in [1.82, 2.24) is 15.4 Å². The first-order chi connectivity index (χ1) is 11.9. The fourth-order valence-corrected chi connectivity index (χ4v) is 3.48. The summed E-state index contributed by atoms with van der Waals surface area (Å²) in [5.41, 5.74) is 0.373. The van der Waals surface area contributed by atoms with Gasteiger partial charge in [-0.1, -0.05) is 19.0 Å². The van der Waals surface area contributed by atoms with Gasteiger partial charge in [-0.25, -0.2) is 0 Å². The Morgan fingerprint density at radius 3 is 2.52 bits per heavy atom. The second kappa shape index (κ2) is 7.58. The van der Waals surface area contributed by atoms with Gasteiger partial charge in [0.05, 0.1) is 0 Å². The number of nitrogens with one attached hydrogen (secondary N) is 1. The van der Waals surface area contributed by atoms with Gasteiger partial charge >= 0.3 is 0 Å². The van der Waals surface area contributed by atoms with E-state index in [1.165, 1.54) is 0 Å². The zero-order valence-electron chi connectivity index (χ0n) is 15.5. The minimum atomic E-state index is -0.165. The Kier molecular flexibility index (Phi) is 5.45. The first-order valence-electron chi connectivity index (χ1n) is 9.49. The van der Waals surface area contributed by atoms with E-state index >= 15 is 0 Å². The van der Waals surface area contributed by atoms with E-state index in [4.69, 9.17) is 4.52 Å². The Morgan fingerprint density at radius 2 is 1.92 bits per heavy atom. The number of aromatic nitrogens is 1. The first kappa shape index (κ1) is 18.0. The number of carbonyl (C=O) groups excluding carboxylic acids is 2. The number of piperidine rings is 1. The molecule has 2 fully saturated rings. The predicted molar refractivity (Wildman–Crippen MR) is 94.2 cm³/mol. The van der Waals surface area contributed by atoms with Crippen LogP contribution in [0, 0.1) is 11.8 Å². The second-order valence-corrected chi connectivity index (χ2v) is 7.97. The van der Waals surface area contributed by atoms with Crippen LogP contribution in [-0.2, 0) is 4.79 Å². The van der Waals surface area contributed by atoms with Crippen molar-refractivity contribution in [3.63, 3.8) is 0 Å². The standard InChI is InChI=1S/C19H29N3O3/c1-12(2)10-18(23)22-8-6-14(7-9-22)13(3)20-19(24)16-11-17(25-21-16)15-4-5-15/h11-15H,4-10H2,1-3H3,(H,20,24). The van der Waals surface area contributed by atoms with Crippen molar-refractivity contribution in [1.29, 1.82) is 0 Å². The zero-order chi connectivity index (χ0) is 18.0. The first-order valence-corrected chi connectivity index (χ1v) is 9.49. The molecule has 1 aromatic rings. The molecule has 25 heavy (non-hydrogen) atoms. The molecule has 3 rings (SSSR count). The van der Waals surface area contributed by atoms with Crippen LogP contribution in [0.4, 0.5) is 0 Å². The molecule has 6 nitrogen and oxygen atoms in total. The predicted octanol–water partition coefficient (Wildman–Crippen LogP) is 2.96. The fourth-order valence-electron chi connectivity index (χ4n) is 3.48. The van der Waals surface area contributed by atoms with E-state index in [1.54, 1.807) is 6.07 Å². The van der Waals surface area contributed by atoms with Crippen LogP contribution in [0.2, 0.25) is 0 Å². The molecule has 1 saturated heterocycles. The van der Waals surface area contributed by atoms with Gasteiger partial charge in [-0.05, 0) is 44.4 Å². The van der Waals surface area contributed by atoms with E-state index < -0.39 is 0 Å². The lowest BCUT2D eigenvalue weighted by Crippen LogP contribution is -2.45. The van der Waals surface area contributed by atoms with Gasteiger partial charge in [0.1, 0.15) is 5.76 Å². The number of nitrogens with zero attached hydrogens (tertiary/aromatic N) is 2. The lowest BCUT2D eigenvalue weighted by atomic mass is 9.90. The lowest BCUT2D eigenvalue weighted by molar-refractivity contribution is -0.133. The molecule has 0 spiro atoms. The van der Waals surface area contributed by atoms with Crippen LogP contribution in [0.25, 0.3) is 0 Å². The number of likely N-dealkylation sites (tertiary alicyclic amines) is 1. The fraction of sp³-hybridized carbons (Fsp3) is 0.737. The number of hydrogen-bond donors (Lipinski definition) is 1. The van der Waals surface area contributed by atoms with Crippen LogP contribution in [0.15, 0.2) is 10.6 Å². The molecule has 0 aromatic carbocycles. The molecule has 6 heteroatoms. The maximum atomic E-state index is 12.3. The van der Waals surface area contributed by atoms with Crippen molar-refractivity contribution in [2.24, 2.45) is 11.8 Å². The Bertz CT molecular complexity index is 613. The summed E-state index contributed by atoms with van der Waals surface area (Å²) in [7, 11) is 0. The van der Waals surface area contributed by atoms with Crippen molar-refractivity contribution in [2.75, 3.05) is 13.1 Å². The molecule has 138 valence electrons. The van der Waals surface area contributed by atoms with Crippen molar-refractivity contribution < 1.29 is 14.1 Å². The number of hydrogen-bond acceptors (Lipinski definition) is 4. The minimum absolute atomic E-state index is 0.0657. The molecule has 1 unspecified atom stereocenters. The monoisotopic (exact) mass is 347 g/mol. The Labute approximate surface area is 149 Å². The van der Waals surface area contributed by atoms with Crippen molar-refractivity contribution in [3.05, 3.63) is 17.5 Å². The van der Waals surface area contributed by atoms with Crippen LogP contribution < -0.4 is 5.32 Å². The van der Waals surface area contributed by atoms with E-state index in [0.29, 0.717) is 29.9 Å². The molecular weight excluding hydrogens is 318 g/mol. The highest BCUT2D eigenvalue weighted by Gasteiger charge is 2.30. The van der Waals surface area contributed by atoms with E-state index in [2.05, 4.69) is 24.3 Å². The topological polar surface area (TPSA) is 75.4 Å². The maximum Gasteiger partial charge on any atom is 0.273 e. The Hall–Kier alpha value is -1.85. The second-order valence-electron chi connectivity index (χ2n) is 7.97. The molecule has 1 atom stereocenters. The molecule has 1 aromatic heterocycles. The molecule has 0 radical (unpaired) electrons. The van der Waals surface area contributed by atoms with Gasteiger partial charge < -0.3 is 14.7 Å². The summed E-state index contributed by atoms with van der Waals surface area (Å²) >= 11 is 0. The Morgan fingerprint density at radius 1 is 1.24 bits per heavy atom. The summed E-state index contributed by atoms with van der Waals surface area (Å²) < 4.78 is 5.25. The third kappa shape index (κ3) is 4.61. The summed E-state index contributed by atoms with van der Waals surface area (Å²) in [5, 5.41) is 6.95. The lowest BCUT2D eigenvalue weighted by Gasteiger charge is -2.35. The molecule has 0 bridgehead atoms.